The van der Waals surface area contributed by atoms with Gasteiger partial charge in [0.2, 0.25) is 0 Å². The van der Waals surface area contributed by atoms with Crippen LogP contribution in [0.15, 0.2) is 24.3 Å². The maximum Gasteiger partial charge on any atom is 0.0991 e. The lowest BCUT2D eigenvalue weighted by molar-refractivity contribution is 0.140. The zero-order chi connectivity index (χ0) is 18.9. The fraction of sp³-hybridized carbons (Fsp3) is 0.731. The van der Waals surface area contributed by atoms with Crippen LogP contribution in [0.25, 0.3) is 0 Å². The molecule has 0 N–H and O–H groups in total. The fourth-order valence-corrected chi connectivity index (χ4v) is 5.70. The van der Waals surface area contributed by atoms with Crippen molar-refractivity contribution in [3.8, 4) is 6.07 Å². The summed E-state index contributed by atoms with van der Waals surface area (Å²) in [5, 5.41) is 8.91. The van der Waals surface area contributed by atoms with Crippen LogP contribution in [-0.4, -0.2) is 0 Å². The molecular formula is C26H39N. The molecule has 0 aliphatic heterocycles. The molecule has 0 spiro atoms. The van der Waals surface area contributed by atoms with Gasteiger partial charge in [0.1, 0.15) is 0 Å². The van der Waals surface area contributed by atoms with Crippen LogP contribution in [0.2, 0.25) is 0 Å². The van der Waals surface area contributed by atoms with Crippen LogP contribution in [0.1, 0.15) is 102 Å². The molecule has 0 saturated heterocycles. The van der Waals surface area contributed by atoms with Crippen molar-refractivity contribution in [2.45, 2.75) is 96.8 Å². The van der Waals surface area contributed by atoms with Gasteiger partial charge in [-0.2, -0.15) is 5.26 Å². The Balaban J connectivity index is 1.32. The maximum absolute atomic E-state index is 8.91. The monoisotopic (exact) mass is 365 g/mol. The first kappa shape index (κ1) is 20.4. The van der Waals surface area contributed by atoms with E-state index in [1.54, 1.807) is 0 Å². The van der Waals surface area contributed by atoms with Crippen LogP contribution < -0.4 is 0 Å². The maximum atomic E-state index is 8.91. The van der Waals surface area contributed by atoms with Crippen molar-refractivity contribution in [2.24, 2.45) is 23.7 Å². The van der Waals surface area contributed by atoms with Gasteiger partial charge in [-0.25, -0.2) is 0 Å². The Hall–Kier alpha value is -1.29. The molecule has 1 nitrogen and oxygen atoms in total. The summed E-state index contributed by atoms with van der Waals surface area (Å²) >= 11 is 0. The van der Waals surface area contributed by atoms with Gasteiger partial charge >= 0.3 is 0 Å². The molecule has 0 bridgehead atoms. The van der Waals surface area contributed by atoms with Gasteiger partial charge in [-0.1, -0.05) is 70.4 Å². The summed E-state index contributed by atoms with van der Waals surface area (Å²) in [6.07, 6.45) is 20.3. The van der Waals surface area contributed by atoms with E-state index in [9.17, 15) is 0 Å². The molecule has 1 aromatic rings. The van der Waals surface area contributed by atoms with Gasteiger partial charge in [-0.15, -0.1) is 0 Å². The molecule has 2 fully saturated rings. The number of nitriles is 1. The molecule has 0 aromatic heterocycles. The topological polar surface area (TPSA) is 23.8 Å². The van der Waals surface area contributed by atoms with E-state index >= 15 is 0 Å². The molecule has 1 aromatic carbocycles. The molecule has 148 valence electrons. The van der Waals surface area contributed by atoms with E-state index in [0.717, 1.165) is 29.2 Å². The average molecular weight is 366 g/mol. The second-order valence-electron chi connectivity index (χ2n) is 9.40. The van der Waals surface area contributed by atoms with Crippen LogP contribution in [0.3, 0.4) is 0 Å². The van der Waals surface area contributed by atoms with Crippen LogP contribution >= 0.6 is 0 Å². The van der Waals surface area contributed by atoms with Gasteiger partial charge in [-0.3, -0.25) is 0 Å². The van der Waals surface area contributed by atoms with Crippen molar-refractivity contribution in [3.63, 3.8) is 0 Å². The Morgan fingerprint density at radius 1 is 0.778 bits per heavy atom. The van der Waals surface area contributed by atoms with Gasteiger partial charge in [0.15, 0.2) is 0 Å². The first-order chi connectivity index (χ1) is 13.3. The molecule has 1 heteroatoms. The molecule has 0 atom stereocenters. The highest BCUT2D eigenvalue weighted by atomic mass is 14.4. The molecule has 2 aliphatic rings. The number of hydrogen-bond acceptors (Lipinski definition) is 1. The number of aryl methyl sites for hydroxylation is 1. The minimum Gasteiger partial charge on any atom is -0.192 e. The van der Waals surface area contributed by atoms with Gasteiger partial charge < -0.3 is 0 Å². The number of hydrogen-bond donors (Lipinski definition) is 0. The third kappa shape index (κ3) is 6.38. The van der Waals surface area contributed by atoms with Gasteiger partial charge in [0.25, 0.3) is 0 Å². The van der Waals surface area contributed by atoms with E-state index in [2.05, 4.69) is 25.1 Å². The Kier molecular flexibility index (Phi) is 8.25. The SMILES string of the molecule is CCCCC[C@H]1CC[C@H]([C@H]2CC[C@H](CCc3ccc(C#N)cc3)CC2)CC1. The first-order valence-corrected chi connectivity index (χ1v) is 11.8. The molecule has 27 heavy (non-hydrogen) atoms. The Bertz CT molecular complexity index is 565. The number of nitrogens with zero attached hydrogens (tertiary/aromatic N) is 1. The minimum absolute atomic E-state index is 0.777. The third-order valence-corrected chi connectivity index (χ3v) is 7.59. The third-order valence-electron chi connectivity index (χ3n) is 7.59. The normalized spacial score (nSPS) is 28.6. The number of rotatable bonds is 8. The second kappa shape index (κ2) is 10.9. The molecule has 2 aliphatic carbocycles. The van der Waals surface area contributed by atoms with Crippen molar-refractivity contribution in [1.82, 2.24) is 0 Å². The summed E-state index contributed by atoms with van der Waals surface area (Å²) in [7, 11) is 0. The van der Waals surface area contributed by atoms with E-state index in [4.69, 9.17) is 5.26 Å². The standard InChI is InChI=1S/C26H39N/c1-2-3-4-5-21-12-16-25(17-13-21)26-18-14-23(15-19-26)7-6-22-8-10-24(20-27)11-9-22/h8-11,21,23,25-26H,2-7,12-19H2,1H3/t21-,23-,25-,26-. The Morgan fingerprint density at radius 2 is 1.33 bits per heavy atom. The summed E-state index contributed by atoms with van der Waals surface area (Å²) in [4.78, 5) is 0. The van der Waals surface area contributed by atoms with Crippen molar-refractivity contribution >= 4 is 0 Å². The second-order valence-corrected chi connectivity index (χ2v) is 9.40. The minimum atomic E-state index is 0.777. The van der Waals surface area contributed by atoms with E-state index in [1.165, 1.54) is 95.5 Å². The molecule has 0 amide bonds. The number of unbranched alkanes of at least 4 members (excludes halogenated alkanes) is 2. The number of benzene rings is 1. The van der Waals surface area contributed by atoms with Crippen LogP contribution in [0, 0.1) is 35.0 Å². The smallest absolute Gasteiger partial charge is 0.0991 e. The van der Waals surface area contributed by atoms with Crippen molar-refractivity contribution in [1.29, 1.82) is 5.26 Å². The lowest BCUT2D eigenvalue weighted by Gasteiger charge is -2.38. The highest BCUT2D eigenvalue weighted by Gasteiger charge is 2.30. The Morgan fingerprint density at radius 3 is 1.85 bits per heavy atom. The van der Waals surface area contributed by atoms with E-state index < -0.39 is 0 Å². The largest absolute Gasteiger partial charge is 0.192 e. The first-order valence-electron chi connectivity index (χ1n) is 11.8. The zero-order valence-corrected chi connectivity index (χ0v) is 17.5. The van der Waals surface area contributed by atoms with Gasteiger partial charge in [0, 0.05) is 0 Å². The molecule has 0 heterocycles. The van der Waals surface area contributed by atoms with Gasteiger partial charge in [0.05, 0.1) is 11.6 Å². The highest BCUT2D eigenvalue weighted by molar-refractivity contribution is 5.31. The van der Waals surface area contributed by atoms with Crippen molar-refractivity contribution < 1.29 is 0 Å². The molecular weight excluding hydrogens is 326 g/mol. The fourth-order valence-electron chi connectivity index (χ4n) is 5.70. The van der Waals surface area contributed by atoms with Crippen molar-refractivity contribution in [2.75, 3.05) is 0 Å². The lowest BCUT2D eigenvalue weighted by atomic mass is 9.68. The van der Waals surface area contributed by atoms with Crippen LogP contribution in [-0.2, 0) is 6.42 Å². The van der Waals surface area contributed by atoms with Crippen LogP contribution in [0.5, 0.6) is 0 Å². The zero-order valence-electron chi connectivity index (χ0n) is 17.5. The summed E-state index contributed by atoms with van der Waals surface area (Å²) in [6, 6.07) is 10.4. The van der Waals surface area contributed by atoms with Crippen molar-refractivity contribution in [3.05, 3.63) is 35.4 Å². The van der Waals surface area contributed by atoms with E-state index in [0.29, 0.717) is 0 Å². The lowest BCUT2D eigenvalue weighted by Crippen LogP contribution is -2.26. The molecule has 2 saturated carbocycles. The van der Waals surface area contributed by atoms with E-state index in [-0.39, 0.29) is 0 Å². The highest BCUT2D eigenvalue weighted by Crippen LogP contribution is 2.43. The summed E-state index contributed by atoms with van der Waals surface area (Å²) in [6.45, 7) is 2.32. The predicted octanol–water partition coefficient (Wildman–Crippen LogP) is 7.68. The predicted molar refractivity (Wildman–Crippen MR) is 115 cm³/mol. The summed E-state index contributed by atoms with van der Waals surface area (Å²) in [5.74, 6) is 4.07. The van der Waals surface area contributed by atoms with Gasteiger partial charge in [-0.05, 0) is 79.9 Å². The Labute approximate surface area is 167 Å². The molecule has 0 unspecified atom stereocenters. The van der Waals surface area contributed by atoms with E-state index in [1.807, 2.05) is 12.1 Å². The molecule has 3 rings (SSSR count). The average Bonchev–Trinajstić information content (AvgIpc) is 2.74. The quantitative estimate of drug-likeness (QED) is 0.433. The molecule has 0 radical (unpaired) electrons. The van der Waals surface area contributed by atoms with Crippen LogP contribution in [0.4, 0.5) is 0 Å². The summed E-state index contributed by atoms with van der Waals surface area (Å²) in [5.41, 5.74) is 2.18. The summed E-state index contributed by atoms with van der Waals surface area (Å²) < 4.78 is 0.